The molecule has 2 aromatic carbocycles. The summed E-state index contributed by atoms with van der Waals surface area (Å²) in [5.74, 6) is -1.06. The molecule has 2 aromatic heterocycles. The first-order valence-electron chi connectivity index (χ1n) is 20.9. The number of nitrogen functional groups attached to an aromatic ring is 1. The van der Waals surface area contributed by atoms with Gasteiger partial charge in [-0.2, -0.15) is 20.5 Å². The second-order valence-corrected chi connectivity index (χ2v) is 18.4. The van der Waals surface area contributed by atoms with Crippen molar-refractivity contribution < 1.29 is 56.1 Å². The van der Waals surface area contributed by atoms with Gasteiger partial charge in [0.05, 0.1) is 25.5 Å². The molecule has 3 heterocycles. The van der Waals surface area contributed by atoms with Gasteiger partial charge in [0.2, 0.25) is 5.60 Å². The predicted molar refractivity (Wildman–Crippen MR) is 231 cm³/mol. The van der Waals surface area contributed by atoms with Crippen LogP contribution in [0.25, 0.3) is 5.52 Å². The van der Waals surface area contributed by atoms with Gasteiger partial charge >= 0.3 is 27.4 Å². The molecule has 5 N–H and O–H groups in total. The lowest BCUT2D eigenvalue weighted by molar-refractivity contribution is -0.147. The van der Waals surface area contributed by atoms with Gasteiger partial charge in [-0.05, 0) is 62.1 Å². The van der Waals surface area contributed by atoms with E-state index in [9.17, 15) is 24.5 Å². The van der Waals surface area contributed by atoms with Gasteiger partial charge in [0.1, 0.15) is 59.8 Å². The van der Waals surface area contributed by atoms with E-state index in [-0.39, 0.29) is 53.6 Å². The lowest BCUT2D eigenvalue weighted by atomic mass is 9.92. The monoisotopic (exact) mass is 913 g/mol. The van der Waals surface area contributed by atoms with Crippen molar-refractivity contribution in [1.82, 2.24) is 24.8 Å². The number of esters is 2. The van der Waals surface area contributed by atoms with Crippen LogP contribution in [0.2, 0.25) is 0 Å². The molecule has 0 bridgehead atoms. The van der Waals surface area contributed by atoms with Crippen molar-refractivity contribution in [2.24, 2.45) is 11.8 Å². The van der Waals surface area contributed by atoms with Crippen LogP contribution in [0.3, 0.4) is 0 Å². The molecule has 4 aromatic rings. The molecule has 1 aliphatic rings. The van der Waals surface area contributed by atoms with Crippen molar-refractivity contribution in [2.75, 3.05) is 25.6 Å². The van der Waals surface area contributed by atoms with Crippen LogP contribution in [0.15, 0.2) is 79.1 Å². The average molecular weight is 914 g/mol. The summed E-state index contributed by atoms with van der Waals surface area (Å²) in [6.07, 6.45) is -1.19. The number of aliphatic hydroxyl groups excluding tert-OH is 1. The number of nitrogens with one attached hydrogen (secondary N) is 2. The summed E-state index contributed by atoms with van der Waals surface area (Å²) in [4.78, 5) is 30.4. The maximum atomic E-state index is 15.0. The number of nitrogens with two attached hydrogens (primary N) is 1. The Balaban J connectivity index is 1.53. The van der Waals surface area contributed by atoms with Crippen molar-refractivity contribution in [1.29, 1.82) is 5.26 Å². The summed E-state index contributed by atoms with van der Waals surface area (Å²) in [7, 11) is -9.40. The van der Waals surface area contributed by atoms with Gasteiger partial charge in [0.25, 0.3) is 0 Å². The normalized spacial score (nSPS) is 21.6. The third-order valence-corrected chi connectivity index (χ3v) is 14.0. The van der Waals surface area contributed by atoms with Crippen molar-refractivity contribution in [3.63, 3.8) is 0 Å². The minimum Gasteiger partial charge on any atom is -0.464 e. The Morgan fingerprint density at radius 2 is 1.37 bits per heavy atom. The first-order valence-corrected chi connectivity index (χ1v) is 24.0. The Kier molecular flexibility index (Phi) is 17.3. The number of carbonyl (C=O) groups is 2. The van der Waals surface area contributed by atoms with E-state index in [1.165, 1.54) is 54.8 Å². The fraction of sp³-hybridized carbons (Fsp3) is 0.500. The van der Waals surface area contributed by atoms with Gasteiger partial charge in [-0.15, -0.1) is 0 Å². The van der Waals surface area contributed by atoms with E-state index in [1.54, 1.807) is 36.4 Å². The summed E-state index contributed by atoms with van der Waals surface area (Å²) in [6, 6.07) is 18.4. The number of aromatic nitrogens is 3. The molecule has 21 heteroatoms. The number of hydrogen-bond acceptors (Lipinski definition) is 16. The van der Waals surface area contributed by atoms with Crippen LogP contribution in [0.4, 0.5) is 5.82 Å². The van der Waals surface area contributed by atoms with E-state index in [1.807, 2.05) is 33.8 Å². The summed E-state index contributed by atoms with van der Waals surface area (Å²) in [5.41, 5.74) is 3.99. The van der Waals surface area contributed by atoms with Gasteiger partial charge < -0.3 is 34.1 Å². The fourth-order valence-corrected chi connectivity index (χ4v) is 9.89. The van der Waals surface area contributed by atoms with Gasteiger partial charge in [-0.25, -0.2) is 18.6 Å². The number of anilines is 1. The van der Waals surface area contributed by atoms with Gasteiger partial charge in [0.15, 0.2) is 5.82 Å². The molecule has 0 saturated carbocycles. The first kappa shape index (κ1) is 49.1. The van der Waals surface area contributed by atoms with E-state index in [2.05, 4.69) is 20.3 Å². The first-order chi connectivity index (χ1) is 30.1. The number of hydrogen-bond donors (Lipinski definition) is 4. The Morgan fingerprint density at radius 3 is 1.87 bits per heavy atom. The third kappa shape index (κ3) is 12.2. The standard InChI is InChI=1S/C42H57N7O12P2/c1-7-30(8-2)23-55-40(51)28(5)47-62(53,59-32-17-13-11-14-18-32)57-25-35-37(38(50)42(26-43,58-35)36-22-21-34-39(44)45-27-46-49(34)36)61-63(54,60-33-19-15-12-16-20-33)48-29(6)41(52)56-24-31(9-3)10-4/h11-22,27-31,35,37-38,50H,7-10,23-25H2,1-6H3,(H,47,53)(H,48,54)(H2,44,45,46)/t28-,29-,35+,37+,38+,42-,62?,63+/m0/s1. The van der Waals surface area contributed by atoms with E-state index >= 15 is 4.57 Å². The highest BCUT2D eigenvalue weighted by Gasteiger charge is 2.61. The molecule has 19 nitrogen and oxygen atoms in total. The molecule has 1 unspecified atom stereocenters. The molecular formula is C42H57N7O12P2. The lowest BCUT2D eigenvalue weighted by Gasteiger charge is -2.29. The van der Waals surface area contributed by atoms with Crippen molar-refractivity contribution >= 4 is 38.8 Å². The molecule has 1 fully saturated rings. The highest BCUT2D eigenvalue weighted by atomic mass is 31.2. The third-order valence-electron chi connectivity index (χ3n) is 10.7. The number of carbonyl (C=O) groups excluding carboxylic acids is 2. The molecule has 0 amide bonds. The highest BCUT2D eigenvalue weighted by Crippen LogP contribution is 2.53. The van der Waals surface area contributed by atoms with E-state index in [0.717, 1.165) is 32.0 Å². The van der Waals surface area contributed by atoms with Crippen LogP contribution >= 0.6 is 15.5 Å². The van der Waals surface area contributed by atoms with Crippen LogP contribution in [-0.4, -0.2) is 81.9 Å². The second-order valence-electron chi connectivity index (χ2n) is 15.1. The van der Waals surface area contributed by atoms with Crippen LogP contribution in [0.1, 0.15) is 72.9 Å². The topological polar surface area (TPSA) is 257 Å². The zero-order valence-corrected chi connectivity index (χ0v) is 38.0. The van der Waals surface area contributed by atoms with Crippen molar-refractivity contribution in [3.8, 4) is 17.6 Å². The number of nitriles is 1. The summed E-state index contributed by atoms with van der Waals surface area (Å²) < 4.78 is 72.3. The van der Waals surface area contributed by atoms with E-state index < -0.39 is 70.0 Å². The molecule has 5 rings (SSSR count). The minimum absolute atomic E-state index is 0.0292. The van der Waals surface area contributed by atoms with Crippen LogP contribution in [0.5, 0.6) is 11.5 Å². The largest absolute Gasteiger partial charge is 0.464 e. The fourth-order valence-electron chi connectivity index (χ4n) is 6.68. The molecule has 342 valence electrons. The predicted octanol–water partition coefficient (Wildman–Crippen LogP) is 6.48. The van der Waals surface area contributed by atoms with Crippen LogP contribution in [-0.2, 0) is 47.6 Å². The molecule has 0 aliphatic carbocycles. The molecule has 0 radical (unpaired) electrons. The van der Waals surface area contributed by atoms with Gasteiger partial charge in [-0.1, -0.05) is 89.8 Å². The number of aliphatic hydroxyl groups is 1. The maximum Gasteiger partial charge on any atom is 0.459 e. The summed E-state index contributed by atoms with van der Waals surface area (Å²) >= 11 is 0. The zero-order valence-electron chi connectivity index (χ0n) is 36.2. The number of rotatable bonds is 24. The number of fused-ring (bicyclic) bond motifs is 1. The Morgan fingerprint density at radius 1 is 0.857 bits per heavy atom. The summed E-state index contributed by atoms with van der Waals surface area (Å²) in [5, 5.41) is 32.7. The quantitative estimate of drug-likeness (QED) is 0.0433. The van der Waals surface area contributed by atoms with Crippen molar-refractivity contribution in [3.05, 3.63) is 84.8 Å². The van der Waals surface area contributed by atoms with Gasteiger partial charge in [-0.3, -0.25) is 18.6 Å². The number of ether oxygens (including phenoxy) is 3. The second kappa shape index (κ2) is 22.1. The van der Waals surface area contributed by atoms with E-state index in [4.69, 9.17) is 38.0 Å². The smallest absolute Gasteiger partial charge is 0.459 e. The maximum absolute atomic E-state index is 15.0. The molecule has 1 saturated heterocycles. The Hall–Kier alpha value is -4.89. The Bertz CT molecular complexity index is 2260. The van der Waals surface area contributed by atoms with Gasteiger partial charge in [0, 0.05) is 0 Å². The number of nitrogens with zero attached hydrogens (tertiary/aromatic N) is 4. The molecule has 1 aliphatic heterocycles. The van der Waals surface area contributed by atoms with E-state index in [0.29, 0.717) is 0 Å². The highest BCUT2D eigenvalue weighted by molar-refractivity contribution is 7.52. The molecule has 0 spiro atoms. The summed E-state index contributed by atoms with van der Waals surface area (Å²) in [6.45, 7) is 10.2. The molecule has 8 atom stereocenters. The van der Waals surface area contributed by atoms with Crippen molar-refractivity contribution in [2.45, 2.75) is 103 Å². The number of para-hydroxylation sites is 2. The molecule has 63 heavy (non-hydrogen) atoms. The van der Waals surface area contributed by atoms with Crippen LogP contribution < -0.4 is 25.0 Å². The number of benzene rings is 2. The SMILES string of the molecule is CCC(CC)COC(=O)[C@H](C)NP(=O)(OC[C@H]1O[C@@](C#N)(c2ccc3c(N)ncnn23)[C@H](O)[C@@H]1O[P@@](=O)(N[C@@H](C)C(=O)OCC(CC)CC)Oc1ccccc1)Oc1ccccc1. The van der Waals surface area contributed by atoms with Crippen LogP contribution in [0, 0.1) is 23.2 Å². The molecular weight excluding hydrogens is 856 g/mol. The Labute approximate surface area is 367 Å². The average Bonchev–Trinajstić information content (AvgIpc) is 3.83. The minimum atomic E-state index is -4.80. The zero-order chi connectivity index (χ0) is 45.8. The lowest BCUT2D eigenvalue weighted by Crippen LogP contribution is -2.44.